The number of rotatable bonds is 4. The highest BCUT2D eigenvalue weighted by Crippen LogP contribution is 2.32. The molecule has 4 nitrogen and oxygen atoms in total. The predicted octanol–water partition coefficient (Wildman–Crippen LogP) is 3.42. The summed E-state index contributed by atoms with van der Waals surface area (Å²) in [7, 11) is 0. The van der Waals surface area contributed by atoms with E-state index in [0.717, 1.165) is 11.8 Å². The fraction of sp³-hybridized carbons (Fsp3) is 0.188. The first-order valence-electron chi connectivity index (χ1n) is 6.84. The Labute approximate surface area is 129 Å². The normalized spacial score (nSPS) is 11.8. The number of aliphatic hydroxyl groups is 1. The Hall–Kier alpha value is -2.54. The number of alkyl halides is 3. The van der Waals surface area contributed by atoms with Gasteiger partial charge in [-0.05, 0) is 11.6 Å². The Morgan fingerprint density at radius 2 is 1.87 bits per heavy atom. The minimum Gasteiger partial charge on any atom is -0.485 e. The lowest BCUT2D eigenvalue weighted by Crippen LogP contribution is -2.05. The molecule has 0 bridgehead atoms. The van der Waals surface area contributed by atoms with E-state index in [1.165, 1.54) is 16.7 Å². The zero-order chi connectivity index (χ0) is 16.4. The van der Waals surface area contributed by atoms with E-state index in [1.54, 1.807) is 0 Å². The molecule has 1 N–H and O–H groups in total. The van der Waals surface area contributed by atoms with Crippen LogP contribution in [0.3, 0.4) is 0 Å². The topological polar surface area (TPSA) is 46.8 Å². The third-order valence-corrected chi connectivity index (χ3v) is 3.35. The molecule has 0 aliphatic heterocycles. The Morgan fingerprint density at radius 3 is 2.52 bits per heavy atom. The summed E-state index contributed by atoms with van der Waals surface area (Å²) in [5.74, 6) is 0.148. The van der Waals surface area contributed by atoms with E-state index in [9.17, 15) is 18.3 Å². The molecule has 120 valence electrons. The third kappa shape index (κ3) is 3.14. The summed E-state index contributed by atoms with van der Waals surface area (Å²) in [6.07, 6.45) is -2.23. The van der Waals surface area contributed by atoms with Crippen LogP contribution in [0.1, 0.15) is 16.8 Å². The molecule has 0 spiro atoms. The minimum atomic E-state index is -4.54. The monoisotopic (exact) mass is 322 g/mol. The molecule has 0 saturated heterocycles. The van der Waals surface area contributed by atoms with Crippen LogP contribution in [0.2, 0.25) is 0 Å². The highest BCUT2D eigenvalue weighted by molar-refractivity contribution is 5.59. The Morgan fingerprint density at radius 1 is 1.13 bits per heavy atom. The predicted molar refractivity (Wildman–Crippen MR) is 76.9 cm³/mol. The molecular formula is C16H13F3N2O2. The van der Waals surface area contributed by atoms with Crippen LogP contribution in [0.4, 0.5) is 13.2 Å². The average molecular weight is 322 g/mol. The largest absolute Gasteiger partial charge is 0.485 e. The van der Waals surface area contributed by atoms with E-state index in [0.29, 0.717) is 5.56 Å². The summed E-state index contributed by atoms with van der Waals surface area (Å²) in [5.41, 5.74) is 0.269. The second-order valence-corrected chi connectivity index (χ2v) is 4.96. The Bertz CT molecular complexity index is 813. The molecule has 0 amide bonds. The first-order chi connectivity index (χ1) is 11.0. The number of aromatic nitrogens is 2. The third-order valence-electron chi connectivity index (χ3n) is 3.35. The molecule has 0 unspecified atom stereocenters. The van der Waals surface area contributed by atoms with Gasteiger partial charge in [0.05, 0.1) is 6.61 Å². The SMILES string of the molecule is OCc1ccn2cc(C(F)(F)F)nc2c1OCc1ccccc1. The van der Waals surface area contributed by atoms with Gasteiger partial charge in [-0.3, -0.25) is 0 Å². The second kappa shape index (κ2) is 5.92. The quantitative estimate of drug-likeness (QED) is 0.800. The van der Waals surface area contributed by atoms with E-state index < -0.39 is 11.9 Å². The van der Waals surface area contributed by atoms with Crippen molar-refractivity contribution in [1.29, 1.82) is 0 Å². The molecule has 3 aromatic rings. The molecule has 7 heteroatoms. The molecule has 0 saturated carbocycles. The van der Waals surface area contributed by atoms with Gasteiger partial charge in [-0.2, -0.15) is 13.2 Å². The van der Waals surface area contributed by atoms with Crippen LogP contribution in [0.5, 0.6) is 5.75 Å². The molecule has 0 aliphatic rings. The number of pyridine rings is 1. The first kappa shape index (κ1) is 15.4. The van der Waals surface area contributed by atoms with Gasteiger partial charge in [-0.1, -0.05) is 30.3 Å². The average Bonchev–Trinajstić information content (AvgIpc) is 2.98. The first-order valence-corrected chi connectivity index (χ1v) is 6.84. The standard InChI is InChI=1S/C16H13F3N2O2/c17-16(18,19)13-8-21-7-6-12(9-22)14(15(21)20-13)23-10-11-4-2-1-3-5-11/h1-8,22H,9-10H2. The molecule has 3 rings (SSSR count). The fourth-order valence-electron chi connectivity index (χ4n) is 2.21. The summed E-state index contributed by atoms with van der Waals surface area (Å²) in [4.78, 5) is 3.61. The lowest BCUT2D eigenvalue weighted by molar-refractivity contribution is -0.140. The van der Waals surface area contributed by atoms with Crippen molar-refractivity contribution in [1.82, 2.24) is 9.38 Å². The molecule has 1 aromatic carbocycles. The van der Waals surface area contributed by atoms with Gasteiger partial charge >= 0.3 is 6.18 Å². The Kier molecular flexibility index (Phi) is 3.96. The van der Waals surface area contributed by atoms with Crippen molar-refractivity contribution in [3.05, 3.63) is 65.6 Å². The van der Waals surface area contributed by atoms with Crippen LogP contribution in [-0.4, -0.2) is 14.5 Å². The van der Waals surface area contributed by atoms with E-state index in [2.05, 4.69) is 4.98 Å². The highest BCUT2D eigenvalue weighted by atomic mass is 19.4. The van der Waals surface area contributed by atoms with Crippen molar-refractivity contribution < 1.29 is 23.0 Å². The summed E-state index contributed by atoms with van der Waals surface area (Å²) in [6, 6.07) is 10.7. The van der Waals surface area contributed by atoms with E-state index in [-0.39, 0.29) is 24.6 Å². The lowest BCUT2D eigenvalue weighted by atomic mass is 10.2. The number of hydrogen-bond acceptors (Lipinski definition) is 3. The van der Waals surface area contributed by atoms with Crippen LogP contribution in [0.25, 0.3) is 5.65 Å². The molecule has 0 atom stereocenters. The van der Waals surface area contributed by atoms with Gasteiger partial charge in [0.15, 0.2) is 17.1 Å². The van der Waals surface area contributed by atoms with Crippen molar-refractivity contribution in [2.24, 2.45) is 0 Å². The molecule has 2 aromatic heterocycles. The summed E-state index contributed by atoms with van der Waals surface area (Å²) < 4.78 is 45.4. The number of nitrogens with zero attached hydrogens (tertiary/aromatic N) is 2. The van der Waals surface area contributed by atoms with Crippen molar-refractivity contribution in [3.63, 3.8) is 0 Å². The maximum Gasteiger partial charge on any atom is 0.434 e. The number of ether oxygens (including phenoxy) is 1. The highest BCUT2D eigenvalue weighted by Gasteiger charge is 2.34. The number of imidazole rings is 1. The van der Waals surface area contributed by atoms with Crippen molar-refractivity contribution in [2.75, 3.05) is 0 Å². The zero-order valence-electron chi connectivity index (χ0n) is 11.9. The van der Waals surface area contributed by atoms with Gasteiger partial charge in [0.1, 0.15) is 6.61 Å². The number of hydrogen-bond donors (Lipinski definition) is 1. The molecule has 23 heavy (non-hydrogen) atoms. The molecule has 2 heterocycles. The number of aliphatic hydroxyl groups excluding tert-OH is 1. The van der Waals surface area contributed by atoms with Gasteiger partial charge in [-0.15, -0.1) is 0 Å². The van der Waals surface area contributed by atoms with Gasteiger partial charge in [0, 0.05) is 18.0 Å². The van der Waals surface area contributed by atoms with Gasteiger partial charge < -0.3 is 14.2 Å². The maximum absolute atomic E-state index is 12.8. The zero-order valence-corrected chi connectivity index (χ0v) is 11.9. The van der Waals surface area contributed by atoms with E-state index in [4.69, 9.17) is 4.74 Å². The van der Waals surface area contributed by atoms with Crippen molar-refractivity contribution in [2.45, 2.75) is 19.4 Å². The molecule has 0 aliphatic carbocycles. The van der Waals surface area contributed by atoms with Gasteiger partial charge in [-0.25, -0.2) is 4.98 Å². The van der Waals surface area contributed by atoms with Crippen LogP contribution in [0.15, 0.2) is 48.8 Å². The summed E-state index contributed by atoms with van der Waals surface area (Å²) in [5, 5.41) is 9.40. The van der Waals surface area contributed by atoms with Crippen LogP contribution in [-0.2, 0) is 19.4 Å². The number of benzene rings is 1. The summed E-state index contributed by atoms with van der Waals surface area (Å²) >= 11 is 0. The van der Waals surface area contributed by atoms with Crippen LogP contribution >= 0.6 is 0 Å². The Balaban J connectivity index is 2.00. The smallest absolute Gasteiger partial charge is 0.434 e. The van der Waals surface area contributed by atoms with Crippen LogP contribution in [0, 0.1) is 0 Å². The minimum absolute atomic E-state index is 0.0276. The second-order valence-electron chi connectivity index (χ2n) is 4.96. The fourth-order valence-corrected chi connectivity index (χ4v) is 2.21. The number of fused-ring (bicyclic) bond motifs is 1. The molecular weight excluding hydrogens is 309 g/mol. The molecule has 0 fully saturated rings. The van der Waals surface area contributed by atoms with Crippen molar-refractivity contribution in [3.8, 4) is 5.75 Å². The van der Waals surface area contributed by atoms with E-state index in [1.807, 2.05) is 30.3 Å². The van der Waals surface area contributed by atoms with Gasteiger partial charge in [0.25, 0.3) is 0 Å². The van der Waals surface area contributed by atoms with Crippen molar-refractivity contribution >= 4 is 5.65 Å². The van der Waals surface area contributed by atoms with Crippen LogP contribution < -0.4 is 4.74 Å². The lowest BCUT2D eigenvalue weighted by Gasteiger charge is -2.11. The summed E-state index contributed by atoms with van der Waals surface area (Å²) in [6.45, 7) is -0.184. The van der Waals surface area contributed by atoms with E-state index >= 15 is 0 Å². The van der Waals surface area contributed by atoms with Gasteiger partial charge in [0.2, 0.25) is 0 Å². The molecule has 0 radical (unpaired) electrons. The maximum atomic E-state index is 12.8. The number of halogens is 3.